The van der Waals surface area contributed by atoms with Crippen LogP contribution in [0.1, 0.15) is 12.0 Å². The molecule has 1 saturated heterocycles. The maximum atomic E-state index is 12.7. The van der Waals surface area contributed by atoms with Crippen LogP contribution in [0.25, 0.3) is 0 Å². The average molecular weight is 416 g/mol. The van der Waals surface area contributed by atoms with Crippen molar-refractivity contribution in [2.24, 2.45) is 5.92 Å². The van der Waals surface area contributed by atoms with Gasteiger partial charge in [0.1, 0.15) is 12.4 Å². The van der Waals surface area contributed by atoms with Crippen molar-refractivity contribution in [2.45, 2.75) is 12.6 Å². The summed E-state index contributed by atoms with van der Waals surface area (Å²) >= 11 is 0. The Bertz CT molecular complexity index is 965. The molecule has 1 heterocycles. The lowest BCUT2D eigenvalue weighted by molar-refractivity contribution is -0.137. The molecule has 0 aliphatic carbocycles. The Morgan fingerprint density at radius 3 is 2.63 bits per heavy atom. The smallest absolute Gasteiger partial charge is 0.416 e. The van der Waals surface area contributed by atoms with Gasteiger partial charge in [0, 0.05) is 18.7 Å². The molecule has 8 heteroatoms. The first-order chi connectivity index (χ1) is 14.3. The normalized spacial score (nSPS) is 16.0. The molecule has 2 amide bonds. The second kappa shape index (κ2) is 9.35. The van der Waals surface area contributed by atoms with Crippen LogP contribution in [0.3, 0.4) is 0 Å². The molecular formula is C22H19F3N2O3. The number of hydrogen-bond donors (Lipinski definition) is 1. The number of amides is 2. The van der Waals surface area contributed by atoms with Gasteiger partial charge in [-0.05, 0) is 30.3 Å². The second-order valence-electron chi connectivity index (χ2n) is 6.63. The summed E-state index contributed by atoms with van der Waals surface area (Å²) in [6.45, 7) is 0.252. The number of carbonyl (C=O) groups excluding carboxylic acids is 2. The third-order valence-electron chi connectivity index (χ3n) is 4.51. The molecule has 1 N–H and O–H groups in total. The van der Waals surface area contributed by atoms with E-state index < -0.39 is 17.7 Å². The van der Waals surface area contributed by atoms with Crippen LogP contribution in [0.4, 0.5) is 18.9 Å². The van der Waals surface area contributed by atoms with Gasteiger partial charge >= 0.3 is 6.18 Å². The maximum Gasteiger partial charge on any atom is 0.416 e. The fourth-order valence-electron chi connectivity index (χ4n) is 3.01. The molecule has 0 saturated carbocycles. The molecule has 0 bridgehead atoms. The number of nitrogens with one attached hydrogen (secondary N) is 1. The van der Waals surface area contributed by atoms with Crippen LogP contribution in [-0.2, 0) is 15.8 Å². The highest BCUT2D eigenvalue weighted by molar-refractivity contribution is 6.00. The van der Waals surface area contributed by atoms with Crippen LogP contribution in [0.5, 0.6) is 5.75 Å². The number of nitrogens with zero attached hydrogens (tertiary/aromatic N) is 1. The van der Waals surface area contributed by atoms with Gasteiger partial charge in [-0.15, -0.1) is 0 Å². The van der Waals surface area contributed by atoms with Gasteiger partial charge in [0.2, 0.25) is 11.8 Å². The average Bonchev–Trinajstić information content (AvgIpc) is 3.12. The number of anilines is 1. The highest BCUT2D eigenvalue weighted by Crippen LogP contribution is 2.31. The van der Waals surface area contributed by atoms with E-state index >= 15 is 0 Å². The van der Waals surface area contributed by atoms with Gasteiger partial charge in [0.05, 0.1) is 18.0 Å². The summed E-state index contributed by atoms with van der Waals surface area (Å²) in [7, 11) is 0. The summed E-state index contributed by atoms with van der Waals surface area (Å²) in [4.78, 5) is 26.0. The van der Waals surface area contributed by atoms with Crippen LogP contribution < -0.4 is 15.0 Å². The number of benzene rings is 2. The molecule has 1 unspecified atom stereocenters. The van der Waals surface area contributed by atoms with E-state index in [1.54, 1.807) is 4.90 Å². The van der Waals surface area contributed by atoms with Crippen molar-refractivity contribution in [1.29, 1.82) is 0 Å². The summed E-state index contributed by atoms with van der Waals surface area (Å²) in [5, 5.41) is 2.65. The number of alkyl halides is 3. The quantitative estimate of drug-likeness (QED) is 0.762. The van der Waals surface area contributed by atoms with E-state index in [-0.39, 0.29) is 37.1 Å². The van der Waals surface area contributed by atoms with Crippen LogP contribution in [0.15, 0.2) is 54.6 Å². The highest BCUT2D eigenvalue weighted by Gasteiger charge is 2.34. The lowest BCUT2D eigenvalue weighted by atomic mass is 10.1. The molecule has 3 rings (SSSR count). The van der Waals surface area contributed by atoms with Crippen LogP contribution in [0, 0.1) is 17.8 Å². The minimum atomic E-state index is -4.44. The molecule has 156 valence electrons. The Hall–Kier alpha value is -3.47. The van der Waals surface area contributed by atoms with Crippen molar-refractivity contribution in [2.75, 3.05) is 24.6 Å². The molecule has 30 heavy (non-hydrogen) atoms. The number of halogens is 3. The molecular weight excluding hydrogens is 397 g/mol. The predicted molar refractivity (Wildman–Crippen MR) is 105 cm³/mol. The Morgan fingerprint density at radius 2 is 1.90 bits per heavy atom. The van der Waals surface area contributed by atoms with Crippen LogP contribution in [0.2, 0.25) is 0 Å². The Labute approximate surface area is 171 Å². The van der Waals surface area contributed by atoms with Crippen molar-refractivity contribution in [3.63, 3.8) is 0 Å². The zero-order valence-electron chi connectivity index (χ0n) is 15.9. The van der Waals surface area contributed by atoms with Gasteiger partial charge in [-0.25, -0.2) is 0 Å². The zero-order chi connectivity index (χ0) is 21.6. The van der Waals surface area contributed by atoms with Gasteiger partial charge in [0.25, 0.3) is 0 Å². The van der Waals surface area contributed by atoms with E-state index in [1.807, 2.05) is 30.3 Å². The SMILES string of the molecule is O=C(NCC#CCOc1cccc(C(F)(F)F)c1)C1CC(=O)N(c2ccccc2)C1. The Morgan fingerprint density at radius 1 is 1.13 bits per heavy atom. The molecule has 0 aromatic heterocycles. The summed E-state index contributed by atoms with van der Waals surface area (Å²) in [6, 6.07) is 13.7. The van der Waals surface area contributed by atoms with Crippen molar-refractivity contribution < 1.29 is 27.5 Å². The van der Waals surface area contributed by atoms with Gasteiger partial charge in [-0.2, -0.15) is 13.2 Å². The molecule has 5 nitrogen and oxygen atoms in total. The maximum absolute atomic E-state index is 12.7. The van der Waals surface area contributed by atoms with Crippen LogP contribution in [-0.4, -0.2) is 31.5 Å². The first-order valence-electron chi connectivity index (χ1n) is 9.23. The van der Waals surface area contributed by atoms with E-state index in [2.05, 4.69) is 17.2 Å². The van der Waals surface area contributed by atoms with Crippen molar-refractivity contribution in [3.8, 4) is 17.6 Å². The molecule has 1 aliphatic rings. The van der Waals surface area contributed by atoms with Crippen molar-refractivity contribution >= 4 is 17.5 Å². The van der Waals surface area contributed by atoms with Gasteiger partial charge in [0.15, 0.2) is 0 Å². The number of para-hydroxylation sites is 1. The first kappa shape index (κ1) is 21.2. The summed E-state index contributed by atoms with van der Waals surface area (Å²) in [5.41, 5.74) is -0.0415. The van der Waals surface area contributed by atoms with E-state index in [4.69, 9.17) is 4.74 Å². The lowest BCUT2D eigenvalue weighted by Crippen LogP contribution is -2.33. The standard InChI is InChI=1S/C22H19F3N2O3/c23-22(24,25)17-7-6-10-19(14-17)30-12-5-4-11-26-21(29)16-13-20(28)27(15-16)18-8-2-1-3-9-18/h1-3,6-10,14,16H,11-13,15H2,(H,26,29). The minimum Gasteiger partial charge on any atom is -0.481 e. The molecule has 2 aromatic rings. The highest BCUT2D eigenvalue weighted by atomic mass is 19.4. The van der Waals surface area contributed by atoms with E-state index in [1.165, 1.54) is 12.1 Å². The number of carbonyl (C=O) groups is 2. The van der Waals surface area contributed by atoms with Gasteiger partial charge in [-0.1, -0.05) is 36.1 Å². The van der Waals surface area contributed by atoms with Gasteiger partial charge in [-0.3, -0.25) is 9.59 Å². The summed E-state index contributed by atoms with van der Waals surface area (Å²) in [6.07, 6.45) is -4.31. The first-order valence-corrected chi connectivity index (χ1v) is 9.23. The van der Waals surface area contributed by atoms with Gasteiger partial charge < -0.3 is 15.0 Å². The monoisotopic (exact) mass is 416 g/mol. The molecule has 2 aromatic carbocycles. The minimum absolute atomic E-state index is 0.0564. The molecule has 1 atom stereocenters. The number of hydrogen-bond acceptors (Lipinski definition) is 3. The number of ether oxygens (including phenoxy) is 1. The topological polar surface area (TPSA) is 58.6 Å². The molecule has 1 fully saturated rings. The van der Waals surface area contributed by atoms with Crippen molar-refractivity contribution in [1.82, 2.24) is 5.32 Å². The van der Waals surface area contributed by atoms with E-state index in [0.717, 1.165) is 17.8 Å². The molecule has 1 aliphatic heterocycles. The fourth-order valence-corrected chi connectivity index (χ4v) is 3.01. The van der Waals surface area contributed by atoms with Crippen molar-refractivity contribution in [3.05, 3.63) is 60.2 Å². The summed E-state index contributed by atoms with van der Waals surface area (Å²) < 4.78 is 43.2. The second-order valence-corrected chi connectivity index (χ2v) is 6.63. The third kappa shape index (κ3) is 5.54. The predicted octanol–water partition coefficient (Wildman–Crippen LogP) is 3.26. The Balaban J connectivity index is 1.43. The van der Waals surface area contributed by atoms with E-state index in [0.29, 0.717) is 6.54 Å². The fraction of sp³-hybridized carbons (Fsp3) is 0.273. The van der Waals surface area contributed by atoms with Crippen LogP contribution >= 0.6 is 0 Å². The molecule has 0 radical (unpaired) electrons. The van der Waals surface area contributed by atoms with E-state index in [9.17, 15) is 22.8 Å². The number of rotatable bonds is 5. The molecule has 0 spiro atoms. The Kier molecular flexibility index (Phi) is 6.62. The largest absolute Gasteiger partial charge is 0.481 e. The zero-order valence-corrected chi connectivity index (χ0v) is 15.9. The lowest BCUT2D eigenvalue weighted by Gasteiger charge is -2.16. The third-order valence-corrected chi connectivity index (χ3v) is 4.51. The summed E-state index contributed by atoms with van der Waals surface area (Å²) in [5.74, 6) is 4.55.